The predicted octanol–water partition coefficient (Wildman–Crippen LogP) is -0.788. The highest BCUT2D eigenvalue weighted by Gasteiger charge is 2.24. The van der Waals surface area contributed by atoms with Crippen LogP contribution < -0.4 is 5.32 Å². The molecule has 0 aliphatic carbocycles. The number of carbonyl (C=O) groups is 1. The normalized spacial score (nSPS) is 14.5. The Morgan fingerprint density at radius 2 is 2.00 bits per heavy atom. The van der Waals surface area contributed by atoms with E-state index >= 15 is 0 Å². The first-order chi connectivity index (χ1) is 4.34. The van der Waals surface area contributed by atoms with Crippen LogP contribution in [0.25, 0.3) is 0 Å². The van der Waals surface area contributed by atoms with Crippen molar-refractivity contribution in [3.63, 3.8) is 0 Å². The molecule has 0 spiro atoms. The predicted molar refractivity (Wildman–Crippen MR) is 36.1 cm³/mol. The number of hydrogen-bond acceptors (Lipinski definition) is 3. The average molecular weight is 147 g/mol. The summed E-state index contributed by atoms with van der Waals surface area (Å²) in [6.07, 6.45) is 0. The molecular weight excluding hydrogens is 134 g/mol. The van der Waals surface area contributed by atoms with Gasteiger partial charge in [-0.1, -0.05) is 0 Å². The van der Waals surface area contributed by atoms with Crippen molar-refractivity contribution >= 4 is 5.91 Å². The fourth-order valence-electron chi connectivity index (χ4n) is 0.442. The molecule has 0 saturated heterocycles. The Morgan fingerprint density at radius 3 is 2.10 bits per heavy atom. The largest absolute Gasteiger partial charge is 0.364 e. The van der Waals surface area contributed by atoms with Crippen molar-refractivity contribution in [3.05, 3.63) is 0 Å². The van der Waals surface area contributed by atoms with Crippen molar-refractivity contribution in [2.45, 2.75) is 32.6 Å². The van der Waals surface area contributed by atoms with E-state index in [2.05, 4.69) is 5.32 Å². The fraction of sp³-hybridized carbons (Fsp3) is 0.833. The van der Waals surface area contributed by atoms with Gasteiger partial charge >= 0.3 is 0 Å². The topological polar surface area (TPSA) is 69.6 Å². The molecule has 10 heavy (non-hydrogen) atoms. The second-order valence-corrected chi connectivity index (χ2v) is 2.52. The van der Waals surface area contributed by atoms with E-state index in [-0.39, 0.29) is 5.91 Å². The summed E-state index contributed by atoms with van der Waals surface area (Å²) in [5.41, 5.74) is 0. The van der Waals surface area contributed by atoms with Crippen LogP contribution in [0.15, 0.2) is 0 Å². The first-order valence-electron chi connectivity index (χ1n) is 3.06. The van der Waals surface area contributed by atoms with E-state index in [1.165, 1.54) is 20.8 Å². The van der Waals surface area contributed by atoms with E-state index in [9.17, 15) is 4.79 Å². The zero-order valence-corrected chi connectivity index (χ0v) is 6.38. The van der Waals surface area contributed by atoms with Gasteiger partial charge in [-0.15, -0.1) is 0 Å². The zero-order valence-electron chi connectivity index (χ0n) is 6.38. The van der Waals surface area contributed by atoms with Gasteiger partial charge < -0.3 is 15.5 Å². The maximum Gasteiger partial charge on any atom is 0.217 e. The van der Waals surface area contributed by atoms with Gasteiger partial charge in [-0.05, 0) is 13.8 Å². The van der Waals surface area contributed by atoms with Gasteiger partial charge in [-0.3, -0.25) is 4.79 Å². The van der Waals surface area contributed by atoms with Crippen LogP contribution in [0.5, 0.6) is 0 Å². The average Bonchev–Trinajstić information content (AvgIpc) is 1.60. The van der Waals surface area contributed by atoms with Crippen molar-refractivity contribution in [1.29, 1.82) is 0 Å². The summed E-state index contributed by atoms with van der Waals surface area (Å²) in [4.78, 5) is 10.4. The molecule has 0 aliphatic heterocycles. The number of rotatable bonds is 2. The van der Waals surface area contributed by atoms with Gasteiger partial charge in [0.05, 0.1) is 6.04 Å². The molecule has 0 aliphatic rings. The molecule has 1 atom stereocenters. The Balaban J connectivity index is 3.85. The molecule has 4 nitrogen and oxygen atoms in total. The van der Waals surface area contributed by atoms with E-state index < -0.39 is 11.8 Å². The quantitative estimate of drug-likeness (QED) is 0.448. The van der Waals surface area contributed by atoms with E-state index in [1.54, 1.807) is 0 Å². The third-order valence-corrected chi connectivity index (χ3v) is 1.24. The first-order valence-corrected chi connectivity index (χ1v) is 3.06. The molecule has 0 radical (unpaired) electrons. The van der Waals surface area contributed by atoms with Crippen LogP contribution in [0.3, 0.4) is 0 Å². The summed E-state index contributed by atoms with van der Waals surface area (Å²) in [5, 5.41) is 20.1. The molecule has 60 valence electrons. The summed E-state index contributed by atoms with van der Waals surface area (Å²) in [5.74, 6) is -2.12. The monoisotopic (exact) mass is 147 g/mol. The molecule has 0 heterocycles. The number of aliphatic hydroxyl groups is 2. The second kappa shape index (κ2) is 2.98. The lowest BCUT2D eigenvalue weighted by molar-refractivity contribution is -0.167. The molecule has 0 aromatic rings. The molecule has 0 fully saturated rings. The molecule has 0 aromatic carbocycles. The number of carbonyl (C=O) groups excluding carboxylic acids is 1. The van der Waals surface area contributed by atoms with Crippen LogP contribution >= 0.6 is 0 Å². The van der Waals surface area contributed by atoms with E-state index in [0.29, 0.717) is 0 Å². The maximum absolute atomic E-state index is 10.4. The molecule has 1 unspecified atom stereocenters. The number of hydrogen-bond donors (Lipinski definition) is 3. The first kappa shape index (κ1) is 9.39. The SMILES string of the molecule is CC(=O)NC(C)C(C)(O)O. The van der Waals surface area contributed by atoms with E-state index in [0.717, 1.165) is 0 Å². The van der Waals surface area contributed by atoms with Crippen LogP contribution in [0.4, 0.5) is 0 Å². The lowest BCUT2D eigenvalue weighted by Crippen LogP contribution is -2.48. The molecule has 0 aromatic heterocycles. The van der Waals surface area contributed by atoms with Crippen molar-refractivity contribution in [2.24, 2.45) is 0 Å². The third kappa shape index (κ3) is 3.42. The summed E-state index contributed by atoms with van der Waals surface area (Å²) in [6, 6.07) is -0.648. The Kier molecular flexibility index (Phi) is 2.80. The van der Waals surface area contributed by atoms with Gasteiger partial charge in [0, 0.05) is 6.92 Å². The lowest BCUT2D eigenvalue weighted by atomic mass is 10.1. The van der Waals surface area contributed by atoms with Gasteiger partial charge in [-0.2, -0.15) is 0 Å². The number of nitrogens with one attached hydrogen (secondary N) is 1. The van der Waals surface area contributed by atoms with Crippen molar-refractivity contribution in [2.75, 3.05) is 0 Å². The molecule has 0 saturated carbocycles. The van der Waals surface area contributed by atoms with Crippen LogP contribution in [0.1, 0.15) is 20.8 Å². The molecule has 0 bridgehead atoms. The van der Waals surface area contributed by atoms with Gasteiger partial charge in [0.15, 0.2) is 5.79 Å². The highest BCUT2D eigenvalue weighted by Crippen LogP contribution is 2.02. The Labute approximate surface area is 59.9 Å². The minimum Gasteiger partial charge on any atom is -0.364 e. The summed E-state index contributed by atoms with van der Waals surface area (Å²) in [6.45, 7) is 4.05. The second-order valence-electron chi connectivity index (χ2n) is 2.52. The van der Waals surface area contributed by atoms with Crippen LogP contribution in [-0.4, -0.2) is 27.9 Å². The van der Waals surface area contributed by atoms with Gasteiger partial charge in [-0.25, -0.2) is 0 Å². The lowest BCUT2D eigenvalue weighted by Gasteiger charge is -2.24. The Morgan fingerprint density at radius 1 is 1.60 bits per heavy atom. The highest BCUT2D eigenvalue weighted by atomic mass is 16.5. The van der Waals surface area contributed by atoms with E-state index in [4.69, 9.17) is 10.2 Å². The number of amides is 1. The molecular formula is C6H13NO3. The van der Waals surface area contributed by atoms with Crippen LogP contribution in [0.2, 0.25) is 0 Å². The van der Waals surface area contributed by atoms with Gasteiger partial charge in [0.2, 0.25) is 5.91 Å². The standard InChI is InChI=1S/C6H13NO3/c1-4(6(3,9)10)7-5(2)8/h4,9-10H,1-3H3,(H,7,8). The zero-order chi connectivity index (χ0) is 8.36. The van der Waals surface area contributed by atoms with Crippen LogP contribution in [0, 0.1) is 0 Å². The minimum absolute atomic E-state index is 0.276. The van der Waals surface area contributed by atoms with Crippen molar-refractivity contribution in [1.82, 2.24) is 5.32 Å². The van der Waals surface area contributed by atoms with E-state index in [1.807, 2.05) is 0 Å². The van der Waals surface area contributed by atoms with Crippen LogP contribution in [-0.2, 0) is 4.79 Å². The molecule has 4 heteroatoms. The maximum atomic E-state index is 10.4. The summed E-state index contributed by atoms with van der Waals surface area (Å²) < 4.78 is 0. The summed E-state index contributed by atoms with van der Waals surface area (Å²) in [7, 11) is 0. The molecule has 3 N–H and O–H groups in total. The van der Waals surface area contributed by atoms with Crippen molar-refractivity contribution in [3.8, 4) is 0 Å². The summed E-state index contributed by atoms with van der Waals surface area (Å²) >= 11 is 0. The Bertz CT molecular complexity index is 127. The smallest absolute Gasteiger partial charge is 0.217 e. The van der Waals surface area contributed by atoms with Gasteiger partial charge in [0.1, 0.15) is 0 Å². The third-order valence-electron chi connectivity index (χ3n) is 1.24. The van der Waals surface area contributed by atoms with Gasteiger partial charge in [0.25, 0.3) is 0 Å². The molecule has 0 rings (SSSR count). The Hall–Kier alpha value is -0.610. The van der Waals surface area contributed by atoms with Crippen molar-refractivity contribution < 1.29 is 15.0 Å². The highest BCUT2D eigenvalue weighted by molar-refractivity contribution is 5.73. The molecule has 1 amide bonds. The minimum atomic E-state index is -1.84. The fourth-order valence-corrected chi connectivity index (χ4v) is 0.442.